The predicted octanol–water partition coefficient (Wildman–Crippen LogP) is 0.882. The Bertz CT molecular complexity index is 616. The molecule has 1 aromatic rings. The molecule has 1 spiro atoms. The number of aryl methyl sites for hydroxylation is 1. The van der Waals surface area contributed by atoms with Crippen LogP contribution in [0.4, 0.5) is 4.79 Å². The molecule has 126 valence electrons. The normalized spacial score (nSPS) is 23.7. The third-order valence-corrected chi connectivity index (χ3v) is 5.48. The number of aromatic nitrogens is 2. The van der Waals surface area contributed by atoms with Gasteiger partial charge in [-0.3, -0.25) is 9.48 Å². The lowest BCUT2D eigenvalue weighted by Crippen LogP contribution is -2.56. The first kappa shape index (κ1) is 15.8. The molecule has 7 nitrogen and oxygen atoms in total. The Kier molecular flexibility index (Phi) is 3.82. The maximum atomic E-state index is 12.4. The number of amides is 3. The van der Waals surface area contributed by atoms with Crippen molar-refractivity contribution in [3.8, 4) is 0 Å². The minimum Gasteiger partial charge on any atom is -0.339 e. The highest BCUT2D eigenvalue weighted by Gasteiger charge is 2.53. The molecule has 0 aromatic carbocycles. The summed E-state index contributed by atoms with van der Waals surface area (Å²) in [7, 11) is 7.35. The number of likely N-dealkylation sites (N-methyl/N-ethyl adjacent to an activating group) is 1. The van der Waals surface area contributed by atoms with Crippen LogP contribution in [-0.2, 0) is 11.8 Å². The molecule has 1 aromatic heterocycles. The average Bonchev–Trinajstić information content (AvgIpc) is 3.05. The van der Waals surface area contributed by atoms with Gasteiger partial charge in [0.05, 0.1) is 11.7 Å². The predicted molar refractivity (Wildman–Crippen MR) is 86.0 cm³/mol. The third-order valence-electron chi connectivity index (χ3n) is 5.48. The summed E-state index contributed by atoms with van der Waals surface area (Å²) in [5.41, 5.74) is 0.932. The quantitative estimate of drug-likeness (QED) is 0.772. The molecular weight excluding hydrogens is 294 g/mol. The summed E-state index contributed by atoms with van der Waals surface area (Å²) < 4.78 is 1.79. The molecule has 23 heavy (non-hydrogen) atoms. The molecule has 0 radical (unpaired) electrons. The standard InChI is InChI=1S/C16H25N5O2/c1-18(2)15(23)21-7-5-16(6-8-21)13(9-14(22)20(16)4)12-10-17-19(3)11-12/h10-11,13H,5-9H2,1-4H3/t13-/m1/s1. The number of piperidine rings is 1. The molecule has 0 saturated carbocycles. The van der Waals surface area contributed by atoms with Crippen LogP contribution in [0.1, 0.15) is 30.7 Å². The minimum absolute atomic E-state index is 0.0461. The lowest BCUT2D eigenvalue weighted by atomic mass is 9.74. The summed E-state index contributed by atoms with van der Waals surface area (Å²) in [6.07, 6.45) is 6.04. The van der Waals surface area contributed by atoms with E-state index >= 15 is 0 Å². The first-order chi connectivity index (χ1) is 10.8. The van der Waals surface area contributed by atoms with Crippen molar-refractivity contribution in [1.29, 1.82) is 0 Å². The van der Waals surface area contributed by atoms with Gasteiger partial charge < -0.3 is 14.7 Å². The minimum atomic E-state index is -0.191. The van der Waals surface area contributed by atoms with E-state index < -0.39 is 0 Å². The molecule has 2 aliphatic heterocycles. The molecule has 3 heterocycles. The van der Waals surface area contributed by atoms with E-state index in [4.69, 9.17) is 0 Å². The number of hydrogen-bond donors (Lipinski definition) is 0. The van der Waals surface area contributed by atoms with Gasteiger partial charge in [0, 0.05) is 59.8 Å². The fourth-order valence-corrected chi connectivity index (χ4v) is 4.08. The van der Waals surface area contributed by atoms with E-state index in [0.29, 0.717) is 19.5 Å². The fraction of sp³-hybridized carbons (Fsp3) is 0.688. The molecule has 0 unspecified atom stereocenters. The number of likely N-dealkylation sites (tertiary alicyclic amines) is 2. The van der Waals surface area contributed by atoms with Gasteiger partial charge in [0.25, 0.3) is 0 Å². The molecule has 3 amide bonds. The molecule has 2 fully saturated rings. The van der Waals surface area contributed by atoms with Crippen LogP contribution in [0.15, 0.2) is 12.4 Å². The van der Waals surface area contributed by atoms with E-state index in [9.17, 15) is 9.59 Å². The van der Waals surface area contributed by atoms with E-state index in [1.54, 1.807) is 23.7 Å². The zero-order chi connectivity index (χ0) is 16.8. The van der Waals surface area contributed by atoms with E-state index in [0.717, 1.165) is 18.4 Å². The largest absolute Gasteiger partial charge is 0.339 e. The highest BCUT2D eigenvalue weighted by molar-refractivity contribution is 5.81. The number of carbonyl (C=O) groups excluding carboxylic acids is 2. The van der Waals surface area contributed by atoms with Gasteiger partial charge in [-0.25, -0.2) is 4.79 Å². The van der Waals surface area contributed by atoms with Crippen molar-refractivity contribution < 1.29 is 9.59 Å². The van der Waals surface area contributed by atoms with Gasteiger partial charge in [0.15, 0.2) is 0 Å². The van der Waals surface area contributed by atoms with Crippen LogP contribution in [0.5, 0.6) is 0 Å². The van der Waals surface area contributed by atoms with Crippen LogP contribution in [0.2, 0.25) is 0 Å². The van der Waals surface area contributed by atoms with E-state index in [1.165, 1.54) is 0 Å². The molecule has 2 saturated heterocycles. The fourth-order valence-electron chi connectivity index (χ4n) is 4.08. The van der Waals surface area contributed by atoms with Crippen molar-refractivity contribution in [2.24, 2.45) is 7.05 Å². The molecule has 0 bridgehead atoms. The Hall–Kier alpha value is -2.05. The van der Waals surface area contributed by atoms with E-state index in [-0.39, 0.29) is 23.4 Å². The second-order valence-corrected chi connectivity index (χ2v) is 6.92. The summed E-state index contributed by atoms with van der Waals surface area (Å²) in [5.74, 6) is 0.344. The van der Waals surface area contributed by atoms with E-state index in [2.05, 4.69) is 5.10 Å². The number of nitrogens with zero attached hydrogens (tertiary/aromatic N) is 5. The second-order valence-electron chi connectivity index (χ2n) is 6.92. The zero-order valence-electron chi connectivity index (χ0n) is 14.3. The Morgan fingerprint density at radius 2 is 1.96 bits per heavy atom. The number of rotatable bonds is 1. The van der Waals surface area contributed by atoms with Crippen molar-refractivity contribution in [2.75, 3.05) is 34.2 Å². The van der Waals surface area contributed by atoms with Crippen LogP contribution < -0.4 is 0 Å². The van der Waals surface area contributed by atoms with Gasteiger partial charge in [-0.05, 0) is 18.4 Å². The van der Waals surface area contributed by atoms with Crippen molar-refractivity contribution in [1.82, 2.24) is 24.5 Å². The van der Waals surface area contributed by atoms with Gasteiger partial charge >= 0.3 is 6.03 Å². The molecule has 7 heteroatoms. The van der Waals surface area contributed by atoms with Crippen molar-refractivity contribution in [2.45, 2.75) is 30.7 Å². The Morgan fingerprint density at radius 1 is 1.30 bits per heavy atom. The maximum absolute atomic E-state index is 12.4. The van der Waals surface area contributed by atoms with Gasteiger partial charge in [-0.2, -0.15) is 5.10 Å². The summed E-state index contributed by atoms with van der Waals surface area (Å²) in [6, 6.07) is 0.0461. The summed E-state index contributed by atoms with van der Waals surface area (Å²) in [5, 5.41) is 4.27. The summed E-state index contributed by atoms with van der Waals surface area (Å²) >= 11 is 0. The molecule has 0 N–H and O–H groups in total. The molecular formula is C16H25N5O2. The lowest BCUT2D eigenvalue weighted by molar-refractivity contribution is -0.130. The monoisotopic (exact) mass is 319 g/mol. The molecule has 2 aliphatic rings. The Balaban J connectivity index is 1.84. The highest BCUT2D eigenvalue weighted by atomic mass is 16.2. The third kappa shape index (κ3) is 2.48. The van der Waals surface area contributed by atoms with Crippen LogP contribution in [0.25, 0.3) is 0 Å². The van der Waals surface area contributed by atoms with Gasteiger partial charge in [0.2, 0.25) is 5.91 Å². The number of carbonyl (C=O) groups is 2. The second kappa shape index (κ2) is 5.54. The first-order valence-electron chi connectivity index (χ1n) is 8.06. The van der Waals surface area contributed by atoms with E-state index in [1.807, 2.05) is 36.3 Å². The highest BCUT2D eigenvalue weighted by Crippen LogP contribution is 2.48. The maximum Gasteiger partial charge on any atom is 0.319 e. The van der Waals surface area contributed by atoms with Crippen molar-refractivity contribution >= 4 is 11.9 Å². The number of hydrogen-bond acceptors (Lipinski definition) is 3. The van der Waals surface area contributed by atoms with Crippen LogP contribution >= 0.6 is 0 Å². The van der Waals surface area contributed by atoms with Crippen LogP contribution in [0.3, 0.4) is 0 Å². The van der Waals surface area contributed by atoms with Crippen molar-refractivity contribution in [3.05, 3.63) is 18.0 Å². The topological polar surface area (TPSA) is 61.7 Å². The smallest absolute Gasteiger partial charge is 0.319 e. The van der Waals surface area contributed by atoms with Gasteiger partial charge in [-0.1, -0.05) is 0 Å². The molecule has 0 aliphatic carbocycles. The Labute approximate surface area is 136 Å². The van der Waals surface area contributed by atoms with Crippen LogP contribution in [0, 0.1) is 0 Å². The summed E-state index contributed by atoms with van der Waals surface area (Å²) in [6.45, 7) is 1.37. The molecule has 1 atom stereocenters. The SMILES string of the molecule is CN(C)C(=O)N1CCC2(CC1)[C@@H](c1cnn(C)c1)CC(=O)N2C. The molecule has 3 rings (SSSR count). The zero-order valence-corrected chi connectivity index (χ0v) is 14.3. The van der Waals surface area contributed by atoms with Gasteiger partial charge in [-0.15, -0.1) is 0 Å². The lowest BCUT2D eigenvalue weighted by Gasteiger charge is -2.46. The van der Waals surface area contributed by atoms with Crippen molar-refractivity contribution in [3.63, 3.8) is 0 Å². The number of urea groups is 1. The average molecular weight is 319 g/mol. The Morgan fingerprint density at radius 3 is 2.48 bits per heavy atom. The van der Waals surface area contributed by atoms with Crippen LogP contribution in [-0.4, -0.2) is 76.2 Å². The van der Waals surface area contributed by atoms with Gasteiger partial charge in [0.1, 0.15) is 0 Å². The first-order valence-corrected chi connectivity index (χ1v) is 8.06. The summed E-state index contributed by atoms with van der Waals surface area (Å²) in [4.78, 5) is 29.9.